The van der Waals surface area contributed by atoms with Crippen molar-refractivity contribution in [2.45, 2.75) is 52.4 Å². The average molecular weight is 347 g/mol. The number of amides is 2. The van der Waals surface area contributed by atoms with Gasteiger partial charge in [0.05, 0.1) is 11.3 Å². The summed E-state index contributed by atoms with van der Waals surface area (Å²) in [5.74, 6) is -0.310. The van der Waals surface area contributed by atoms with Gasteiger partial charge in [-0.05, 0) is 44.6 Å². The Morgan fingerprint density at radius 1 is 1.25 bits per heavy atom. The normalized spacial score (nSPS) is 14.1. The summed E-state index contributed by atoms with van der Waals surface area (Å²) < 4.78 is 5.12. The molecule has 0 saturated heterocycles. The number of fused-ring (bicyclic) bond motifs is 1. The molecule has 0 saturated carbocycles. The van der Waals surface area contributed by atoms with Crippen LogP contribution in [0.25, 0.3) is 0 Å². The van der Waals surface area contributed by atoms with E-state index in [9.17, 15) is 9.59 Å². The number of hydrogen-bond acceptors (Lipinski definition) is 5. The predicted molar refractivity (Wildman–Crippen MR) is 92.7 cm³/mol. The van der Waals surface area contributed by atoms with E-state index in [0.717, 1.165) is 42.5 Å². The van der Waals surface area contributed by atoms with Crippen LogP contribution in [0.15, 0.2) is 4.52 Å². The van der Waals surface area contributed by atoms with Crippen LogP contribution in [0.5, 0.6) is 0 Å². The molecule has 2 amide bonds. The van der Waals surface area contributed by atoms with Gasteiger partial charge in [0.25, 0.3) is 11.8 Å². The zero-order valence-corrected chi connectivity index (χ0v) is 14.7. The molecule has 0 aromatic carbocycles. The number of anilines is 1. The first-order valence-electron chi connectivity index (χ1n) is 8.23. The van der Waals surface area contributed by atoms with Crippen LogP contribution < -0.4 is 11.1 Å². The lowest BCUT2D eigenvalue weighted by Crippen LogP contribution is -2.19. The SMILES string of the molecule is CCc1noc(C)c1C(=O)Nc1sc2c(c1C(N)=O)CCCCC2. The lowest BCUT2D eigenvalue weighted by Gasteiger charge is -2.06. The number of carbonyl (C=O) groups is 2. The van der Waals surface area contributed by atoms with E-state index in [-0.39, 0.29) is 5.91 Å². The molecule has 0 aliphatic heterocycles. The minimum Gasteiger partial charge on any atom is -0.365 e. The number of aromatic nitrogens is 1. The number of aryl methyl sites for hydroxylation is 3. The van der Waals surface area contributed by atoms with Crippen LogP contribution in [0, 0.1) is 6.92 Å². The van der Waals surface area contributed by atoms with Gasteiger partial charge in [0.2, 0.25) is 0 Å². The molecule has 0 radical (unpaired) electrons. The summed E-state index contributed by atoms with van der Waals surface area (Å²) in [5.41, 5.74) is 8.14. The van der Waals surface area contributed by atoms with Crippen LogP contribution in [0.4, 0.5) is 5.00 Å². The molecule has 1 aliphatic rings. The molecule has 0 spiro atoms. The van der Waals surface area contributed by atoms with Gasteiger partial charge in [0.1, 0.15) is 16.3 Å². The van der Waals surface area contributed by atoms with E-state index < -0.39 is 5.91 Å². The molecule has 3 N–H and O–H groups in total. The molecule has 128 valence electrons. The van der Waals surface area contributed by atoms with Crippen molar-refractivity contribution in [2.75, 3.05) is 5.32 Å². The third-order valence-electron chi connectivity index (χ3n) is 4.39. The second-order valence-electron chi connectivity index (χ2n) is 6.00. The van der Waals surface area contributed by atoms with Gasteiger partial charge >= 0.3 is 0 Å². The van der Waals surface area contributed by atoms with Gasteiger partial charge in [-0.1, -0.05) is 18.5 Å². The van der Waals surface area contributed by atoms with Crippen molar-refractivity contribution in [3.8, 4) is 0 Å². The zero-order chi connectivity index (χ0) is 17.3. The highest BCUT2D eigenvalue weighted by molar-refractivity contribution is 7.17. The van der Waals surface area contributed by atoms with E-state index in [1.165, 1.54) is 11.3 Å². The molecule has 24 heavy (non-hydrogen) atoms. The first-order valence-corrected chi connectivity index (χ1v) is 9.05. The van der Waals surface area contributed by atoms with E-state index in [1.54, 1.807) is 6.92 Å². The second-order valence-corrected chi connectivity index (χ2v) is 7.11. The van der Waals surface area contributed by atoms with E-state index >= 15 is 0 Å². The number of rotatable bonds is 4. The number of thiophene rings is 1. The Kier molecular flexibility index (Phi) is 4.71. The van der Waals surface area contributed by atoms with Crippen LogP contribution >= 0.6 is 11.3 Å². The number of carbonyl (C=O) groups excluding carboxylic acids is 2. The van der Waals surface area contributed by atoms with Crippen molar-refractivity contribution in [1.29, 1.82) is 0 Å². The molecular formula is C17H21N3O3S. The molecule has 7 heteroatoms. The molecular weight excluding hydrogens is 326 g/mol. The van der Waals surface area contributed by atoms with Crippen molar-refractivity contribution in [3.05, 3.63) is 33.0 Å². The Hall–Kier alpha value is -2.15. The maximum Gasteiger partial charge on any atom is 0.261 e. The average Bonchev–Trinajstić information content (AvgIpc) is 2.99. The molecule has 1 aliphatic carbocycles. The summed E-state index contributed by atoms with van der Waals surface area (Å²) >= 11 is 1.46. The third kappa shape index (κ3) is 2.96. The van der Waals surface area contributed by atoms with Crippen LogP contribution in [-0.4, -0.2) is 17.0 Å². The minimum absolute atomic E-state index is 0.301. The number of primary amides is 1. The second kappa shape index (κ2) is 6.76. The van der Waals surface area contributed by atoms with Crippen LogP contribution in [0.2, 0.25) is 0 Å². The first kappa shape index (κ1) is 16.7. The number of nitrogens with zero attached hydrogens (tertiary/aromatic N) is 1. The Balaban J connectivity index is 1.96. The highest BCUT2D eigenvalue weighted by atomic mass is 32.1. The van der Waals surface area contributed by atoms with Crippen molar-refractivity contribution in [3.63, 3.8) is 0 Å². The number of nitrogens with one attached hydrogen (secondary N) is 1. The van der Waals surface area contributed by atoms with Crippen LogP contribution in [-0.2, 0) is 19.3 Å². The molecule has 6 nitrogen and oxygen atoms in total. The molecule has 2 heterocycles. The lowest BCUT2D eigenvalue weighted by atomic mass is 10.0. The van der Waals surface area contributed by atoms with Gasteiger partial charge in [-0.25, -0.2) is 0 Å². The fraction of sp³-hybridized carbons (Fsp3) is 0.471. The Labute approximate surface area is 144 Å². The van der Waals surface area contributed by atoms with Crippen LogP contribution in [0.3, 0.4) is 0 Å². The molecule has 3 rings (SSSR count). The molecule has 0 bridgehead atoms. The van der Waals surface area contributed by atoms with Crippen LogP contribution in [0.1, 0.15) is 68.8 Å². The van der Waals surface area contributed by atoms with Gasteiger partial charge in [-0.3, -0.25) is 9.59 Å². The van der Waals surface area contributed by atoms with Gasteiger partial charge < -0.3 is 15.6 Å². The topological polar surface area (TPSA) is 98.2 Å². The smallest absolute Gasteiger partial charge is 0.261 e. The molecule has 0 unspecified atom stereocenters. The summed E-state index contributed by atoms with van der Waals surface area (Å²) in [5, 5.41) is 7.32. The molecule has 2 aromatic heterocycles. The maximum atomic E-state index is 12.7. The Morgan fingerprint density at radius 2 is 2.00 bits per heavy atom. The summed E-state index contributed by atoms with van der Waals surface area (Å²) in [7, 11) is 0. The van der Waals surface area contributed by atoms with Gasteiger partial charge in [-0.15, -0.1) is 11.3 Å². The Morgan fingerprint density at radius 3 is 2.71 bits per heavy atom. The zero-order valence-electron chi connectivity index (χ0n) is 13.9. The monoisotopic (exact) mass is 347 g/mol. The number of nitrogens with two attached hydrogens (primary N) is 1. The van der Waals surface area contributed by atoms with Gasteiger partial charge in [0.15, 0.2) is 0 Å². The van der Waals surface area contributed by atoms with Gasteiger partial charge in [0, 0.05) is 4.88 Å². The van der Waals surface area contributed by atoms with Crippen molar-refractivity contribution in [2.24, 2.45) is 5.73 Å². The largest absolute Gasteiger partial charge is 0.365 e. The summed E-state index contributed by atoms with van der Waals surface area (Å²) in [6, 6.07) is 0. The minimum atomic E-state index is -0.484. The van der Waals surface area contributed by atoms with E-state index in [0.29, 0.717) is 34.0 Å². The van der Waals surface area contributed by atoms with E-state index in [4.69, 9.17) is 10.3 Å². The van der Waals surface area contributed by atoms with Gasteiger partial charge in [-0.2, -0.15) is 0 Å². The van der Waals surface area contributed by atoms with E-state index in [2.05, 4.69) is 10.5 Å². The third-order valence-corrected chi connectivity index (χ3v) is 5.60. The molecule has 2 aromatic rings. The number of hydrogen-bond donors (Lipinski definition) is 2. The molecule has 0 fully saturated rings. The summed E-state index contributed by atoms with van der Waals surface area (Å²) in [4.78, 5) is 25.8. The maximum absolute atomic E-state index is 12.7. The first-order chi connectivity index (χ1) is 11.5. The van der Waals surface area contributed by atoms with Crippen molar-refractivity contribution in [1.82, 2.24) is 5.16 Å². The Bertz CT molecular complexity index is 791. The fourth-order valence-corrected chi connectivity index (χ4v) is 4.50. The lowest BCUT2D eigenvalue weighted by molar-refractivity contribution is 0.100. The molecule has 0 atom stereocenters. The van der Waals surface area contributed by atoms with Crippen molar-refractivity contribution < 1.29 is 14.1 Å². The fourth-order valence-electron chi connectivity index (χ4n) is 3.21. The highest BCUT2D eigenvalue weighted by Gasteiger charge is 2.26. The van der Waals surface area contributed by atoms with Crippen molar-refractivity contribution >= 4 is 28.2 Å². The van der Waals surface area contributed by atoms with E-state index in [1.807, 2.05) is 6.92 Å². The quantitative estimate of drug-likeness (QED) is 0.830. The standard InChI is InChI=1S/C17H21N3O3S/c1-3-11-13(9(2)23-20-11)16(22)19-17-14(15(18)21)10-7-5-4-6-8-12(10)24-17/h3-8H2,1-2H3,(H2,18,21)(H,19,22). The highest BCUT2D eigenvalue weighted by Crippen LogP contribution is 2.37. The summed E-state index contributed by atoms with van der Waals surface area (Å²) in [6.45, 7) is 3.62. The predicted octanol–water partition coefficient (Wildman–Crippen LogP) is 3.23. The summed E-state index contributed by atoms with van der Waals surface area (Å²) in [6.07, 6.45) is 5.67.